The van der Waals surface area contributed by atoms with Crippen molar-refractivity contribution >= 4 is 17.3 Å². The zero-order valence-electron chi connectivity index (χ0n) is 12.5. The Morgan fingerprint density at radius 3 is 2.60 bits per heavy atom. The van der Waals surface area contributed by atoms with Gasteiger partial charge in [0.1, 0.15) is 5.82 Å². The van der Waals surface area contributed by atoms with Gasteiger partial charge in [0.2, 0.25) is 5.91 Å². The number of hydrogen-bond donors (Lipinski definition) is 2. The number of carbonyl (C=O) groups is 1. The number of nitrogen functional groups attached to an aromatic ring is 1. The Hall–Kier alpha value is -1.66. The summed E-state index contributed by atoms with van der Waals surface area (Å²) in [6, 6.07) is 3.76. The second-order valence-electron chi connectivity index (χ2n) is 5.19. The third-order valence-corrected chi connectivity index (χ3v) is 3.19. The van der Waals surface area contributed by atoms with Crippen LogP contribution in [0.15, 0.2) is 18.2 Å². The summed E-state index contributed by atoms with van der Waals surface area (Å²) in [6.45, 7) is 3.39. The summed E-state index contributed by atoms with van der Waals surface area (Å²) in [4.78, 5) is 16.0. The Morgan fingerprint density at radius 2 is 2.00 bits per heavy atom. The van der Waals surface area contributed by atoms with E-state index < -0.39 is 5.82 Å². The molecule has 0 aliphatic carbocycles. The summed E-state index contributed by atoms with van der Waals surface area (Å²) in [5.41, 5.74) is 6.11. The van der Waals surface area contributed by atoms with E-state index in [4.69, 9.17) is 5.73 Å². The molecule has 0 spiro atoms. The van der Waals surface area contributed by atoms with E-state index in [1.165, 1.54) is 18.2 Å². The van der Waals surface area contributed by atoms with Gasteiger partial charge in [-0.3, -0.25) is 9.69 Å². The molecule has 3 N–H and O–H groups in total. The van der Waals surface area contributed by atoms with E-state index in [0.717, 1.165) is 13.1 Å². The van der Waals surface area contributed by atoms with Gasteiger partial charge in [0, 0.05) is 18.8 Å². The maximum Gasteiger partial charge on any atom is 0.241 e. The average molecular weight is 282 g/mol. The SMILES string of the molecule is CC(C(=O)Nc1cc(N)ccc1F)N(C)CCN(C)C. The van der Waals surface area contributed by atoms with Crippen molar-refractivity contribution in [1.29, 1.82) is 0 Å². The zero-order chi connectivity index (χ0) is 15.3. The van der Waals surface area contributed by atoms with Crippen molar-refractivity contribution in [1.82, 2.24) is 9.80 Å². The van der Waals surface area contributed by atoms with Gasteiger partial charge in [-0.05, 0) is 46.3 Å². The highest BCUT2D eigenvalue weighted by molar-refractivity contribution is 5.95. The number of anilines is 2. The molecule has 0 heterocycles. The molecule has 5 nitrogen and oxygen atoms in total. The standard InChI is InChI=1S/C14H23FN4O/c1-10(19(4)8-7-18(2)3)14(20)17-13-9-11(16)5-6-12(13)15/h5-6,9-10H,7-8,16H2,1-4H3,(H,17,20). The molecule has 1 amide bonds. The molecule has 1 unspecified atom stereocenters. The van der Waals surface area contributed by atoms with Gasteiger partial charge < -0.3 is 16.0 Å². The molecular formula is C14H23FN4O. The summed E-state index contributed by atoms with van der Waals surface area (Å²) < 4.78 is 13.6. The summed E-state index contributed by atoms with van der Waals surface area (Å²) >= 11 is 0. The lowest BCUT2D eigenvalue weighted by Crippen LogP contribution is -2.42. The summed E-state index contributed by atoms with van der Waals surface area (Å²) in [6.07, 6.45) is 0. The van der Waals surface area contributed by atoms with E-state index in [1.54, 1.807) is 6.92 Å². The Balaban J connectivity index is 2.63. The normalized spacial score (nSPS) is 12.8. The molecule has 0 aliphatic rings. The first kappa shape index (κ1) is 16.4. The molecule has 1 atom stereocenters. The fourth-order valence-corrected chi connectivity index (χ4v) is 1.63. The van der Waals surface area contributed by atoms with Crippen LogP contribution in [0.5, 0.6) is 0 Å². The minimum absolute atomic E-state index is 0.114. The Labute approximate surface area is 119 Å². The first-order valence-corrected chi connectivity index (χ1v) is 6.52. The number of hydrogen-bond acceptors (Lipinski definition) is 4. The van der Waals surface area contributed by atoms with Gasteiger partial charge in [-0.25, -0.2) is 4.39 Å². The van der Waals surface area contributed by atoms with Gasteiger partial charge >= 0.3 is 0 Å². The van der Waals surface area contributed by atoms with Crippen molar-refractivity contribution in [3.63, 3.8) is 0 Å². The number of nitrogens with zero attached hydrogens (tertiary/aromatic N) is 2. The first-order chi connectivity index (χ1) is 9.31. The van der Waals surface area contributed by atoms with E-state index in [9.17, 15) is 9.18 Å². The van der Waals surface area contributed by atoms with Crippen LogP contribution in [0, 0.1) is 5.82 Å². The highest BCUT2D eigenvalue weighted by Crippen LogP contribution is 2.17. The van der Waals surface area contributed by atoms with Gasteiger partial charge in [-0.1, -0.05) is 0 Å². The van der Waals surface area contributed by atoms with E-state index in [2.05, 4.69) is 5.32 Å². The molecule has 0 radical (unpaired) electrons. The molecule has 0 saturated heterocycles. The Morgan fingerprint density at radius 1 is 1.35 bits per heavy atom. The fraction of sp³-hybridized carbons (Fsp3) is 0.500. The first-order valence-electron chi connectivity index (χ1n) is 6.52. The van der Waals surface area contributed by atoms with Crippen LogP contribution in [0.25, 0.3) is 0 Å². The number of halogens is 1. The quantitative estimate of drug-likeness (QED) is 0.770. The molecule has 0 aromatic heterocycles. The molecule has 1 aromatic rings. The minimum atomic E-state index is -0.490. The number of amides is 1. The van der Waals surface area contributed by atoms with Crippen LogP contribution in [-0.2, 0) is 4.79 Å². The van der Waals surface area contributed by atoms with Crippen molar-refractivity contribution in [3.8, 4) is 0 Å². The molecule has 0 aliphatic heterocycles. The third-order valence-electron chi connectivity index (χ3n) is 3.19. The van der Waals surface area contributed by atoms with Crippen LogP contribution in [0.4, 0.5) is 15.8 Å². The Bertz CT molecular complexity index is 464. The van der Waals surface area contributed by atoms with Gasteiger partial charge in [0.05, 0.1) is 11.7 Å². The lowest BCUT2D eigenvalue weighted by molar-refractivity contribution is -0.120. The molecule has 20 heavy (non-hydrogen) atoms. The topological polar surface area (TPSA) is 61.6 Å². The molecule has 1 aromatic carbocycles. The summed E-state index contributed by atoms with van der Waals surface area (Å²) in [7, 11) is 5.81. The average Bonchev–Trinajstić information content (AvgIpc) is 2.39. The zero-order valence-corrected chi connectivity index (χ0v) is 12.5. The number of nitrogens with two attached hydrogens (primary N) is 1. The lowest BCUT2D eigenvalue weighted by atomic mass is 10.2. The molecule has 6 heteroatoms. The second-order valence-corrected chi connectivity index (χ2v) is 5.19. The number of likely N-dealkylation sites (N-methyl/N-ethyl adjacent to an activating group) is 2. The van der Waals surface area contributed by atoms with Gasteiger partial charge in [-0.15, -0.1) is 0 Å². The van der Waals surface area contributed by atoms with Crippen molar-refractivity contribution in [3.05, 3.63) is 24.0 Å². The number of carbonyl (C=O) groups excluding carboxylic acids is 1. The molecule has 0 fully saturated rings. The van der Waals surface area contributed by atoms with Crippen LogP contribution in [-0.4, -0.2) is 56.0 Å². The largest absolute Gasteiger partial charge is 0.399 e. The smallest absolute Gasteiger partial charge is 0.241 e. The van der Waals surface area contributed by atoms with Crippen molar-refractivity contribution in [2.24, 2.45) is 0 Å². The van der Waals surface area contributed by atoms with Crippen LogP contribution in [0.1, 0.15) is 6.92 Å². The molecule has 112 valence electrons. The number of rotatable bonds is 6. The molecular weight excluding hydrogens is 259 g/mol. The summed E-state index contributed by atoms with van der Waals surface area (Å²) in [5, 5.41) is 2.57. The third kappa shape index (κ3) is 4.79. The van der Waals surface area contributed by atoms with Gasteiger partial charge in [-0.2, -0.15) is 0 Å². The lowest BCUT2D eigenvalue weighted by Gasteiger charge is -2.25. The highest BCUT2D eigenvalue weighted by atomic mass is 19.1. The molecule has 0 bridgehead atoms. The second kappa shape index (κ2) is 7.21. The number of nitrogens with one attached hydrogen (secondary N) is 1. The van der Waals surface area contributed by atoms with Gasteiger partial charge in [0.15, 0.2) is 0 Å². The number of benzene rings is 1. The van der Waals surface area contributed by atoms with E-state index >= 15 is 0 Å². The maximum atomic E-state index is 13.6. The molecule has 1 rings (SSSR count). The minimum Gasteiger partial charge on any atom is -0.399 e. The van der Waals surface area contributed by atoms with Crippen LogP contribution in [0.2, 0.25) is 0 Å². The van der Waals surface area contributed by atoms with Gasteiger partial charge in [0.25, 0.3) is 0 Å². The van der Waals surface area contributed by atoms with Crippen LogP contribution < -0.4 is 11.1 Å². The van der Waals surface area contributed by atoms with E-state index in [-0.39, 0.29) is 17.6 Å². The predicted octanol–water partition coefficient (Wildman–Crippen LogP) is 1.23. The monoisotopic (exact) mass is 282 g/mol. The maximum absolute atomic E-state index is 13.6. The highest BCUT2D eigenvalue weighted by Gasteiger charge is 2.19. The predicted molar refractivity (Wildman–Crippen MR) is 80.1 cm³/mol. The van der Waals surface area contributed by atoms with Crippen molar-refractivity contribution in [2.75, 3.05) is 45.3 Å². The molecule has 0 saturated carbocycles. The van der Waals surface area contributed by atoms with E-state index in [0.29, 0.717) is 5.69 Å². The fourth-order valence-electron chi connectivity index (χ4n) is 1.63. The van der Waals surface area contributed by atoms with E-state index in [1.807, 2.05) is 30.9 Å². The Kier molecular flexibility index (Phi) is 5.91. The van der Waals surface area contributed by atoms with Crippen molar-refractivity contribution in [2.45, 2.75) is 13.0 Å². The van der Waals surface area contributed by atoms with Crippen LogP contribution >= 0.6 is 0 Å². The van der Waals surface area contributed by atoms with Crippen LogP contribution in [0.3, 0.4) is 0 Å². The van der Waals surface area contributed by atoms with Crippen molar-refractivity contribution < 1.29 is 9.18 Å². The summed E-state index contributed by atoms with van der Waals surface area (Å²) in [5.74, 6) is -0.744.